The van der Waals surface area contributed by atoms with Gasteiger partial charge in [-0.1, -0.05) is 6.07 Å². The van der Waals surface area contributed by atoms with Gasteiger partial charge in [0.2, 0.25) is 0 Å². The lowest BCUT2D eigenvalue weighted by Gasteiger charge is -2.11. The number of halogens is 2. The standard InChI is InChI=1S/C15H19BrFN3O/c1-4-20-13(15(16)10(3)19-20)8-21-14-6-5-11(9(2)18)7-12(14)17/h5-7,9H,4,8,18H2,1-3H3/t9-/m1/s1. The molecule has 0 radical (unpaired) electrons. The van der Waals surface area contributed by atoms with Crippen molar-refractivity contribution in [1.82, 2.24) is 9.78 Å². The van der Waals surface area contributed by atoms with Crippen molar-refractivity contribution in [3.63, 3.8) is 0 Å². The van der Waals surface area contributed by atoms with E-state index in [2.05, 4.69) is 21.0 Å². The van der Waals surface area contributed by atoms with Crippen LogP contribution in [0, 0.1) is 12.7 Å². The molecule has 0 aliphatic heterocycles. The quantitative estimate of drug-likeness (QED) is 0.889. The highest BCUT2D eigenvalue weighted by Crippen LogP contribution is 2.25. The molecule has 2 aromatic rings. The number of hydrogen-bond donors (Lipinski definition) is 1. The third-order valence-corrected chi connectivity index (χ3v) is 4.33. The molecule has 0 bridgehead atoms. The van der Waals surface area contributed by atoms with Crippen LogP contribution in [0.25, 0.3) is 0 Å². The Balaban J connectivity index is 2.17. The number of ether oxygens (including phenoxy) is 1. The van der Waals surface area contributed by atoms with Gasteiger partial charge in [0.25, 0.3) is 0 Å². The minimum absolute atomic E-state index is 0.202. The fourth-order valence-corrected chi connectivity index (χ4v) is 2.47. The molecule has 1 atom stereocenters. The van der Waals surface area contributed by atoms with Gasteiger partial charge in [-0.05, 0) is 54.4 Å². The minimum Gasteiger partial charge on any atom is -0.484 e. The Bertz CT molecular complexity index is 640. The van der Waals surface area contributed by atoms with Crippen LogP contribution in [0.5, 0.6) is 5.75 Å². The van der Waals surface area contributed by atoms with Crippen LogP contribution < -0.4 is 10.5 Å². The summed E-state index contributed by atoms with van der Waals surface area (Å²) in [7, 11) is 0. The van der Waals surface area contributed by atoms with Crippen LogP contribution in [0.1, 0.15) is 36.8 Å². The second kappa shape index (κ2) is 6.58. The van der Waals surface area contributed by atoms with E-state index in [1.54, 1.807) is 12.1 Å². The van der Waals surface area contributed by atoms with Crippen LogP contribution in [-0.2, 0) is 13.2 Å². The van der Waals surface area contributed by atoms with E-state index < -0.39 is 5.82 Å². The maximum atomic E-state index is 14.0. The molecule has 2 rings (SSSR count). The maximum absolute atomic E-state index is 14.0. The molecule has 21 heavy (non-hydrogen) atoms. The monoisotopic (exact) mass is 355 g/mol. The molecule has 0 spiro atoms. The summed E-state index contributed by atoms with van der Waals surface area (Å²) in [5.41, 5.74) is 8.26. The summed E-state index contributed by atoms with van der Waals surface area (Å²) >= 11 is 3.49. The fraction of sp³-hybridized carbons (Fsp3) is 0.400. The number of hydrogen-bond acceptors (Lipinski definition) is 3. The number of nitrogens with two attached hydrogens (primary N) is 1. The van der Waals surface area contributed by atoms with Gasteiger partial charge >= 0.3 is 0 Å². The predicted octanol–water partition coefficient (Wildman–Crippen LogP) is 3.71. The summed E-state index contributed by atoms with van der Waals surface area (Å²) in [6.07, 6.45) is 0. The van der Waals surface area contributed by atoms with E-state index in [0.717, 1.165) is 28.0 Å². The summed E-state index contributed by atoms with van der Waals surface area (Å²) in [5, 5.41) is 4.38. The zero-order valence-electron chi connectivity index (χ0n) is 12.4. The molecule has 0 aliphatic carbocycles. The van der Waals surface area contributed by atoms with Crippen LogP contribution in [0.4, 0.5) is 4.39 Å². The van der Waals surface area contributed by atoms with Crippen molar-refractivity contribution in [3.05, 3.63) is 45.4 Å². The van der Waals surface area contributed by atoms with E-state index in [9.17, 15) is 4.39 Å². The largest absolute Gasteiger partial charge is 0.484 e. The summed E-state index contributed by atoms with van der Waals surface area (Å²) in [6, 6.07) is 4.60. The van der Waals surface area contributed by atoms with Gasteiger partial charge in [0, 0.05) is 12.6 Å². The topological polar surface area (TPSA) is 53.1 Å². The van der Waals surface area contributed by atoms with Gasteiger partial charge in [-0.2, -0.15) is 5.10 Å². The molecule has 0 saturated carbocycles. The van der Waals surface area contributed by atoms with Gasteiger partial charge in [-0.15, -0.1) is 0 Å². The van der Waals surface area contributed by atoms with Crippen LogP contribution in [0.3, 0.4) is 0 Å². The fourth-order valence-electron chi connectivity index (χ4n) is 2.07. The van der Waals surface area contributed by atoms with Gasteiger partial charge in [-0.25, -0.2) is 4.39 Å². The molecule has 1 aromatic carbocycles. The zero-order chi connectivity index (χ0) is 15.6. The molecule has 114 valence electrons. The Morgan fingerprint density at radius 2 is 2.19 bits per heavy atom. The van der Waals surface area contributed by atoms with E-state index in [1.165, 1.54) is 6.07 Å². The Kier molecular flexibility index (Phi) is 5.00. The van der Waals surface area contributed by atoms with Crippen LogP contribution >= 0.6 is 15.9 Å². The highest BCUT2D eigenvalue weighted by atomic mass is 79.9. The third-order valence-electron chi connectivity index (χ3n) is 3.30. The van der Waals surface area contributed by atoms with Crippen LogP contribution in [0.15, 0.2) is 22.7 Å². The molecule has 0 amide bonds. The Hall–Kier alpha value is -1.40. The SMILES string of the molecule is CCn1nc(C)c(Br)c1COc1ccc([C@@H](C)N)cc1F. The smallest absolute Gasteiger partial charge is 0.165 e. The molecule has 6 heteroatoms. The van der Waals surface area contributed by atoms with Crippen LogP contribution in [0.2, 0.25) is 0 Å². The summed E-state index contributed by atoms with van der Waals surface area (Å²) in [6.45, 7) is 6.72. The number of aryl methyl sites for hydroxylation is 2. The Morgan fingerprint density at radius 1 is 1.48 bits per heavy atom. The average Bonchev–Trinajstić information content (AvgIpc) is 2.72. The molecule has 4 nitrogen and oxygen atoms in total. The van der Waals surface area contributed by atoms with Gasteiger partial charge in [-0.3, -0.25) is 4.68 Å². The lowest BCUT2D eigenvalue weighted by atomic mass is 10.1. The van der Waals surface area contributed by atoms with E-state index in [0.29, 0.717) is 0 Å². The first-order valence-corrected chi connectivity index (χ1v) is 7.63. The molecule has 1 aromatic heterocycles. The van der Waals surface area contributed by atoms with E-state index in [4.69, 9.17) is 10.5 Å². The van der Waals surface area contributed by atoms with E-state index in [-0.39, 0.29) is 18.4 Å². The second-order valence-electron chi connectivity index (χ2n) is 4.93. The van der Waals surface area contributed by atoms with Crippen molar-refractivity contribution in [3.8, 4) is 5.75 Å². The first-order valence-electron chi connectivity index (χ1n) is 6.83. The second-order valence-corrected chi connectivity index (χ2v) is 5.72. The van der Waals surface area contributed by atoms with Crippen molar-refractivity contribution in [2.75, 3.05) is 0 Å². The molecule has 0 fully saturated rings. The first-order chi connectivity index (χ1) is 9.93. The van der Waals surface area contributed by atoms with Gasteiger partial charge in [0.1, 0.15) is 6.61 Å². The lowest BCUT2D eigenvalue weighted by molar-refractivity contribution is 0.277. The number of nitrogens with zero attached hydrogens (tertiary/aromatic N) is 2. The van der Waals surface area contributed by atoms with Crippen molar-refractivity contribution < 1.29 is 9.13 Å². The Labute approximate surface area is 132 Å². The van der Waals surface area contributed by atoms with Crippen molar-refractivity contribution >= 4 is 15.9 Å². The maximum Gasteiger partial charge on any atom is 0.165 e. The first kappa shape index (κ1) is 16.0. The zero-order valence-corrected chi connectivity index (χ0v) is 13.9. The predicted molar refractivity (Wildman–Crippen MR) is 83.7 cm³/mol. The van der Waals surface area contributed by atoms with Gasteiger partial charge < -0.3 is 10.5 Å². The van der Waals surface area contributed by atoms with Gasteiger partial charge in [0.05, 0.1) is 15.9 Å². The number of benzene rings is 1. The highest BCUT2D eigenvalue weighted by Gasteiger charge is 2.14. The molecule has 0 saturated heterocycles. The summed E-state index contributed by atoms with van der Waals surface area (Å²) < 4.78 is 22.3. The van der Waals surface area contributed by atoms with E-state index >= 15 is 0 Å². The average molecular weight is 356 g/mol. The molecule has 0 aliphatic rings. The molecule has 1 heterocycles. The minimum atomic E-state index is -0.403. The highest BCUT2D eigenvalue weighted by molar-refractivity contribution is 9.10. The van der Waals surface area contributed by atoms with E-state index in [1.807, 2.05) is 25.5 Å². The van der Waals surface area contributed by atoms with Crippen molar-refractivity contribution in [2.45, 2.75) is 40.0 Å². The van der Waals surface area contributed by atoms with Crippen molar-refractivity contribution in [1.29, 1.82) is 0 Å². The van der Waals surface area contributed by atoms with Crippen LogP contribution in [-0.4, -0.2) is 9.78 Å². The molecular formula is C15H19BrFN3O. The lowest BCUT2D eigenvalue weighted by Crippen LogP contribution is -2.08. The summed E-state index contributed by atoms with van der Waals surface area (Å²) in [5.74, 6) is -0.187. The number of rotatable bonds is 5. The summed E-state index contributed by atoms with van der Waals surface area (Å²) in [4.78, 5) is 0. The molecule has 0 unspecified atom stereocenters. The normalized spacial score (nSPS) is 12.5. The number of aromatic nitrogens is 2. The van der Waals surface area contributed by atoms with Gasteiger partial charge in [0.15, 0.2) is 11.6 Å². The van der Waals surface area contributed by atoms with Crippen molar-refractivity contribution in [2.24, 2.45) is 5.73 Å². The Morgan fingerprint density at radius 3 is 2.76 bits per heavy atom. The third kappa shape index (κ3) is 3.44. The molecule has 2 N–H and O–H groups in total. The molecular weight excluding hydrogens is 337 g/mol.